The van der Waals surface area contributed by atoms with Gasteiger partial charge in [-0.1, -0.05) is 0 Å². The summed E-state index contributed by atoms with van der Waals surface area (Å²) in [5.74, 6) is -2.19. The Morgan fingerprint density at radius 1 is 1.47 bits per heavy atom. The molecule has 0 aliphatic carbocycles. The van der Waals surface area contributed by atoms with Crippen molar-refractivity contribution in [1.29, 1.82) is 0 Å². The molecule has 0 aromatic carbocycles. The van der Waals surface area contributed by atoms with Gasteiger partial charge < -0.3 is 21.3 Å². The van der Waals surface area contributed by atoms with Gasteiger partial charge in [0.1, 0.15) is 18.6 Å². The molecule has 9 heteroatoms. The van der Waals surface area contributed by atoms with E-state index in [9.17, 15) is 14.4 Å². The number of carboxylic acids is 2. The normalized spacial score (nSPS) is 19.6. The first-order valence-corrected chi connectivity index (χ1v) is 6.56. The van der Waals surface area contributed by atoms with Gasteiger partial charge in [-0.25, -0.2) is 0 Å². The van der Waals surface area contributed by atoms with Crippen LogP contribution in [0, 0.1) is 0 Å². The molecule has 2 atom stereocenters. The smallest absolute Gasteiger partial charge is 0.322 e. The summed E-state index contributed by atoms with van der Waals surface area (Å²) >= 11 is 1.36. The number of carbonyl (C=O) groups excluding carboxylic acids is 1. The Morgan fingerprint density at radius 2 is 2.16 bits per heavy atom. The average Bonchev–Trinajstić information content (AvgIpc) is 2.81. The van der Waals surface area contributed by atoms with Crippen LogP contribution in [0.15, 0.2) is 4.99 Å². The summed E-state index contributed by atoms with van der Waals surface area (Å²) < 4.78 is 0. The third kappa shape index (κ3) is 5.26. The van der Waals surface area contributed by atoms with Crippen molar-refractivity contribution in [1.82, 2.24) is 5.32 Å². The molecular formula is C10H15N3O5S. The van der Waals surface area contributed by atoms with Gasteiger partial charge in [0.25, 0.3) is 0 Å². The Balaban J connectivity index is 2.39. The molecule has 0 saturated heterocycles. The summed E-state index contributed by atoms with van der Waals surface area (Å²) in [4.78, 5) is 36.5. The van der Waals surface area contributed by atoms with E-state index in [1.54, 1.807) is 0 Å². The van der Waals surface area contributed by atoms with Crippen LogP contribution in [-0.2, 0) is 14.4 Å². The molecule has 19 heavy (non-hydrogen) atoms. The number of rotatable bonds is 7. The second-order valence-electron chi connectivity index (χ2n) is 3.94. The summed E-state index contributed by atoms with van der Waals surface area (Å²) in [5.41, 5.74) is 5.36. The van der Waals surface area contributed by atoms with Gasteiger partial charge in [-0.15, -0.1) is 11.8 Å². The van der Waals surface area contributed by atoms with Crippen molar-refractivity contribution in [2.24, 2.45) is 10.7 Å². The molecule has 1 heterocycles. The van der Waals surface area contributed by atoms with E-state index in [1.165, 1.54) is 11.8 Å². The second-order valence-corrected chi connectivity index (χ2v) is 5.04. The van der Waals surface area contributed by atoms with Crippen LogP contribution in [-0.4, -0.2) is 57.5 Å². The van der Waals surface area contributed by atoms with Crippen molar-refractivity contribution in [3.8, 4) is 0 Å². The fourth-order valence-electron chi connectivity index (χ4n) is 1.38. The Morgan fingerprint density at radius 3 is 2.74 bits per heavy atom. The number of nitrogens with zero attached hydrogens (tertiary/aromatic N) is 1. The minimum atomic E-state index is -1.12. The molecule has 1 amide bonds. The van der Waals surface area contributed by atoms with Gasteiger partial charge in [0.15, 0.2) is 0 Å². The van der Waals surface area contributed by atoms with Crippen molar-refractivity contribution in [3.05, 3.63) is 0 Å². The molecule has 106 valence electrons. The average molecular weight is 289 g/mol. The number of aliphatic carboxylic acids is 2. The Bertz CT molecular complexity index is 412. The van der Waals surface area contributed by atoms with Gasteiger partial charge in [-0.05, 0) is 12.8 Å². The van der Waals surface area contributed by atoms with Crippen LogP contribution >= 0.6 is 11.8 Å². The Labute approximate surface area is 113 Å². The SMILES string of the molecule is NC(CCC1=NC(C(=O)NCC(=O)O)CS1)C(=O)O. The standard InChI is InChI=1S/C10H15N3O5S/c11-5(10(17)18)1-2-7-13-6(4-19-7)9(16)12-3-8(14)15/h5-6H,1-4,11H2,(H,12,16)(H,14,15)(H,17,18). The maximum absolute atomic E-state index is 11.5. The minimum absolute atomic E-state index is 0.255. The Hall–Kier alpha value is -1.61. The van der Waals surface area contributed by atoms with Gasteiger partial charge in [0.05, 0.1) is 5.04 Å². The molecule has 0 fully saturated rings. The van der Waals surface area contributed by atoms with Gasteiger partial charge in [-0.2, -0.15) is 0 Å². The monoisotopic (exact) mass is 289 g/mol. The zero-order valence-electron chi connectivity index (χ0n) is 10.0. The number of carbonyl (C=O) groups is 3. The molecule has 2 unspecified atom stereocenters. The molecule has 1 rings (SSSR count). The van der Waals surface area contributed by atoms with Crippen LogP contribution in [0.25, 0.3) is 0 Å². The molecule has 0 aromatic heterocycles. The Kier molecular flexibility index (Phi) is 5.77. The molecule has 0 spiro atoms. The van der Waals surface area contributed by atoms with Crippen LogP contribution in [0.1, 0.15) is 12.8 Å². The molecule has 0 radical (unpaired) electrons. The van der Waals surface area contributed by atoms with Crippen molar-refractivity contribution in [2.45, 2.75) is 24.9 Å². The highest BCUT2D eigenvalue weighted by molar-refractivity contribution is 8.14. The summed E-state index contributed by atoms with van der Waals surface area (Å²) in [6.07, 6.45) is 0.658. The fraction of sp³-hybridized carbons (Fsp3) is 0.600. The van der Waals surface area contributed by atoms with Crippen LogP contribution < -0.4 is 11.1 Å². The summed E-state index contributed by atoms with van der Waals surface area (Å²) in [5, 5.41) is 20.0. The van der Waals surface area contributed by atoms with E-state index >= 15 is 0 Å². The largest absolute Gasteiger partial charge is 0.480 e. The van der Waals surface area contributed by atoms with Crippen LogP contribution in [0.2, 0.25) is 0 Å². The molecular weight excluding hydrogens is 274 g/mol. The lowest BCUT2D eigenvalue weighted by atomic mass is 10.2. The van der Waals surface area contributed by atoms with Crippen molar-refractivity contribution >= 4 is 34.7 Å². The first kappa shape index (κ1) is 15.4. The third-order valence-corrected chi connectivity index (χ3v) is 3.54. The van der Waals surface area contributed by atoms with Gasteiger partial charge in [0.2, 0.25) is 5.91 Å². The predicted molar refractivity (Wildman–Crippen MR) is 69.2 cm³/mol. The highest BCUT2D eigenvalue weighted by Gasteiger charge is 2.25. The fourth-order valence-corrected chi connectivity index (χ4v) is 2.42. The van der Waals surface area contributed by atoms with E-state index in [1.807, 2.05) is 0 Å². The molecule has 0 aromatic rings. The number of hydrogen-bond donors (Lipinski definition) is 4. The number of thioether (sulfide) groups is 1. The quantitative estimate of drug-likeness (QED) is 0.465. The van der Waals surface area contributed by atoms with Gasteiger partial charge in [0, 0.05) is 5.75 Å². The lowest BCUT2D eigenvalue weighted by Gasteiger charge is -2.05. The number of hydrogen-bond acceptors (Lipinski definition) is 6. The maximum Gasteiger partial charge on any atom is 0.322 e. The minimum Gasteiger partial charge on any atom is -0.480 e. The molecule has 0 saturated carbocycles. The number of nitrogens with one attached hydrogen (secondary N) is 1. The summed E-state index contributed by atoms with van der Waals surface area (Å²) in [6.45, 7) is -0.436. The topological polar surface area (TPSA) is 142 Å². The van der Waals surface area contributed by atoms with Gasteiger partial charge >= 0.3 is 11.9 Å². The second kappa shape index (κ2) is 7.10. The zero-order valence-corrected chi connectivity index (χ0v) is 10.9. The number of aliphatic imine (C=N–C) groups is 1. The summed E-state index contributed by atoms with van der Waals surface area (Å²) in [7, 11) is 0. The molecule has 1 aliphatic rings. The lowest BCUT2D eigenvalue weighted by molar-refractivity contribution is -0.139. The number of nitrogens with two attached hydrogens (primary N) is 1. The first-order valence-electron chi connectivity index (χ1n) is 5.57. The summed E-state index contributed by atoms with van der Waals surface area (Å²) in [6, 6.07) is -1.55. The van der Waals surface area contributed by atoms with E-state index in [-0.39, 0.29) is 6.42 Å². The zero-order chi connectivity index (χ0) is 14.4. The number of amides is 1. The van der Waals surface area contributed by atoms with Crippen molar-refractivity contribution in [2.75, 3.05) is 12.3 Å². The number of carboxylic acid groups (broad SMARTS) is 2. The van der Waals surface area contributed by atoms with E-state index in [0.717, 1.165) is 0 Å². The molecule has 1 aliphatic heterocycles. The highest BCUT2D eigenvalue weighted by Crippen LogP contribution is 2.21. The van der Waals surface area contributed by atoms with Crippen molar-refractivity contribution < 1.29 is 24.6 Å². The molecule has 0 bridgehead atoms. The van der Waals surface area contributed by atoms with Crippen LogP contribution in [0.3, 0.4) is 0 Å². The highest BCUT2D eigenvalue weighted by atomic mass is 32.2. The van der Waals surface area contributed by atoms with E-state index in [0.29, 0.717) is 17.2 Å². The maximum atomic E-state index is 11.5. The molecule has 8 nitrogen and oxygen atoms in total. The third-order valence-electron chi connectivity index (χ3n) is 2.41. The van der Waals surface area contributed by atoms with Crippen LogP contribution in [0.4, 0.5) is 0 Å². The first-order chi connectivity index (χ1) is 8.90. The molecule has 5 N–H and O–H groups in total. The van der Waals surface area contributed by atoms with Crippen molar-refractivity contribution in [3.63, 3.8) is 0 Å². The van der Waals surface area contributed by atoms with E-state index in [4.69, 9.17) is 15.9 Å². The van der Waals surface area contributed by atoms with Gasteiger partial charge in [-0.3, -0.25) is 19.4 Å². The van der Waals surface area contributed by atoms with E-state index in [2.05, 4.69) is 10.3 Å². The van der Waals surface area contributed by atoms with Crippen LogP contribution in [0.5, 0.6) is 0 Å². The van der Waals surface area contributed by atoms with E-state index < -0.39 is 36.5 Å². The lowest BCUT2D eigenvalue weighted by Crippen LogP contribution is -2.37. The predicted octanol–water partition coefficient (Wildman–Crippen LogP) is -1.11.